The molecule has 0 unspecified atom stereocenters. The van der Waals surface area contributed by atoms with E-state index in [4.69, 9.17) is 0 Å². The SMILES string of the molecule is CCCCCCCCCCCCCCCCN(CCCCCCCCCCCCCCCC)C(c1ccccc1)c1ccccc1. The standard InChI is InChI=1S/C45H77N/c1-3-5-7-9-11-13-15-17-19-21-23-25-27-35-41-46(45(43-37-31-29-32-38-43)44-39-33-30-34-40-44)42-36-28-26-24-22-20-18-16-14-12-10-8-6-4-2/h29-34,37-40,45H,3-28,35-36,41-42H2,1-2H3. The second kappa shape index (κ2) is 30.7. The van der Waals surface area contributed by atoms with Crippen LogP contribution >= 0.6 is 0 Å². The molecule has 0 bridgehead atoms. The van der Waals surface area contributed by atoms with E-state index in [-0.39, 0.29) is 0 Å². The number of unbranched alkanes of at least 4 members (excludes halogenated alkanes) is 26. The molecule has 0 heterocycles. The fourth-order valence-corrected chi connectivity index (χ4v) is 7.27. The summed E-state index contributed by atoms with van der Waals surface area (Å²) in [6.07, 6.45) is 39.9. The molecule has 0 radical (unpaired) electrons. The largest absolute Gasteiger partial charge is 0.292 e. The number of rotatable bonds is 33. The Balaban J connectivity index is 1.69. The van der Waals surface area contributed by atoms with Gasteiger partial charge in [-0.3, -0.25) is 4.90 Å². The molecule has 0 saturated heterocycles. The van der Waals surface area contributed by atoms with Gasteiger partial charge in [0.25, 0.3) is 0 Å². The Hall–Kier alpha value is -1.60. The van der Waals surface area contributed by atoms with Crippen molar-refractivity contribution in [3.8, 4) is 0 Å². The van der Waals surface area contributed by atoms with Crippen LogP contribution in [-0.4, -0.2) is 18.0 Å². The van der Waals surface area contributed by atoms with Crippen LogP contribution in [0, 0.1) is 0 Å². The molecule has 0 fully saturated rings. The molecule has 0 aliphatic carbocycles. The lowest BCUT2D eigenvalue weighted by atomic mass is 9.96. The third kappa shape index (κ3) is 21.3. The third-order valence-corrected chi connectivity index (χ3v) is 10.2. The highest BCUT2D eigenvalue weighted by molar-refractivity contribution is 5.31. The quantitative estimate of drug-likeness (QED) is 0.0708. The molecule has 1 heteroatoms. The summed E-state index contributed by atoms with van der Waals surface area (Å²) in [4.78, 5) is 2.83. The van der Waals surface area contributed by atoms with Gasteiger partial charge >= 0.3 is 0 Å². The van der Waals surface area contributed by atoms with Gasteiger partial charge in [-0.25, -0.2) is 0 Å². The lowest BCUT2D eigenvalue weighted by Gasteiger charge is -2.33. The van der Waals surface area contributed by atoms with Gasteiger partial charge in [0.05, 0.1) is 6.04 Å². The van der Waals surface area contributed by atoms with E-state index in [0.29, 0.717) is 6.04 Å². The van der Waals surface area contributed by atoms with E-state index >= 15 is 0 Å². The maximum atomic E-state index is 2.83. The number of hydrogen-bond donors (Lipinski definition) is 0. The van der Waals surface area contributed by atoms with E-state index in [1.807, 2.05) is 0 Å². The van der Waals surface area contributed by atoms with E-state index in [1.54, 1.807) is 0 Å². The Kier molecular flexibility index (Phi) is 27.1. The fraction of sp³-hybridized carbons (Fsp3) is 0.733. The third-order valence-electron chi connectivity index (χ3n) is 10.2. The molecule has 262 valence electrons. The summed E-state index contributed by atoms with van der Waals surface area (Å²) in [5, 5.41) is 0. The Morgan fingerprint density at radius 1 is 0.326 bits per heavy atom. The minimum absolute atomic E-state index is 0.367. The number of nitrogens with zero attached hydrogens (tertiary/aromatic N) is 1. The van der Waals surface area contributed by atoms with Crippen LogP contribution in [0.2, 0.25) is 0 Å². The highest BCUT2D eigenvalue weighted by atomic mass is 15.2. The van der Waals surface area contributed by atoms with Gasteiger partial charge in [-0.2, -0.15) is 0 Å². The minimum Gasteiger partial charge on any atom is -0.292 e. The van der Waals surface area contributed by atoms with Crippen molar-refractivity contribution in [1.29, 1.82) is 0 Å². The van der Waals surface area contributed by atoms with Crippen molar-refractivity contribution in [2.24, 2.45) is 0 Å². The van der Waals surface area contributed by atoms with Crippen molar-refractivity contribution in [2.45, 2.75) is 200 Å². The van der Waals surface area contributed by atoms with Gasteiger partial charge in [0.1, 0.15) is 0 Å². The smallest absolute Gasteiger partial charge is 0.0601 e. The van der Waals surface area contributed by atoms with E-state index < -0.39 is 0 Å². The summed E-state index contributed by atoms with van der Waals surface area (Å²) < 4.78 is 0. The first-order chi connectivity index (χ1) is 22.9. The average molecular weight is 632 g/mol. The van der Waals surface area contributed by atoms with Crippen molar-refractivity contribution in [2.75, 3.05) is 13.1 Å². The number of benzene rings is 2. The summed E-state index contributed by atoms with van der Waals surface area (Å²) >= 11 is 0. The van der Waals surface area contributed by atoms with E-state index in [1.165, 1.54) is 204 Å². The van der Waals surface area contributed by atoms with Crippen molar-refractivity contribution in [1.82, 2.24) is 4.90 Å². The average Bonchev–Trinajstić information content (AvgIpc) is 3.09. The van der Waals surface area contributed by atoms with E-state index in [2.05, 4.69) is 79.4 Å². The Morgan fingerprint density at radius 3 is 0.826 bits per heavy atom. The molecule has 0 saturated carbocycles. The van der Waals surface area contributed by atoms with E-state index in [9.17, 15) is 0 Å². The zero-order chi connectivity index (χ0) is 32.6. The van der Waals surface area contributed by atoms with Crippen LogP contribution in [0.3, 0.4) is 0 Å². The summed E-state index contributed by atoms with van der Waals surface area (Å²) in [5.74, 6) is 0. The zero-order valence-corrected chi connectivity index (χ0v) is 31.0. The summed E-state index contributed by atoms with van der Waals surface area (Å²) in [6, 6.07) is 23.0. The predicted octanol–water partition coefficient (Wildman–Crippen LogP) is 15.0. The molecule has 0 aromatic heterocycles. The zero-order valence-electron chi connectivity index (χ0n) is 31.0. The molecule has 2 rings (SSSR count). The van der Waals surface area contributed by atoms with Gasteiger partial charge in [0.15, 0.2) is 0 Å². The number of hydrogen-bond acceptors (Lipinski definition) is 1. The van der Waals surface area contributed by atoms with Gasteiger partial charge in [-0.15, -0.1) is 0 Å². The van der Waals surface area contributed by atoms with Gasteiger partial charge in [0.2, 0.25) is 0 Å². The molecule has 46 heavy (non-hydrogen) atoms. The van der Waals surface area contributed by atoms with Crippen molar-refractivity contribution in [3.63, 3.8) is 0 Å². The van der Waals surface area contributed by atoms with E-state index in [0.717, 1.165) is 0 Å². The first-order valence-corrected chi connectivity index (χ1v) is 20.7. The van der Waals surface area contributed by atoms with Crippen LogP contribution in [0.25, 0.3) is 0 Å². The molecule has 2 aromatic rings. The molecule has 0 aliphatic heterocycles. The second-order valence-corrected chi connectivity index (χ2v) is 14.5. The van der Waals surface area contributed by atoms with Crippen LogP contribution in [0.5, 0.6) is 0 Å². The highest BCUT2D eigenvalue weighted by Gasteiger charge is 2.21. The van der Waals surface area contributed by atoms with Crippen LogP contribution in [-0.2, 0) is 0 Å². The van der Waals surface area contributed by atoms with Gasteiger partial charge < -0.3 is 0 Å². The molecule has 1 nitrogen and oxygen atoms in total. The summed E-state index contributed by atoms with van der Waals surface area (Å²) in [7, 11) is 0. The summed E-state index contributed by atoms with van der Waals surface area (Å²) in [6.45, 7) is 7.04. The van der Waals surface area contributed by atoms with Gasteiger partial charge in [0, 0.05) is 0 Å². The van der Waals surface area contributed by atoms with Crippen LogP contribution in [0.1, 0.15) is 211 Å². The normalized spacial score (nSPS) is 11.7. The second-order valence-electron chi connectivity index (χ2n) is 14.5. The molecular formula is C45H77N. The predicted molar refractivity (Wildman–Crippen MR) is 207 cm³/mol. The van der Waals surface area contributed by atoms with Crippen molar-refractivity contribution in [3.05, 3.63) is 71.8 Å². The lowest BCUT2D eigenvalue weighted by Crippen LogP contribution is -2.31. The van der Waals surface area contributed by atoms with Crippen molar-refractivity contribution < 1.29 is 0 Å². The first-order valence-electron chi connectivity index (χ1n) is 20.7. The Bertz CT molecular complexity index is 790. The van der Waals surface area contributed by atoms with Crippen LogP contribution < -0.4 is 0 Å². The van der Waals surface area contributed by atoms with Crippen molar-refractivity contribution >= 4 is 0 Å². The molecule has 0 amide bonds. The Labute approximate surface area is 288 Å². The lowest BCUT2D eigenvalue weighted by molar-refractivity contribution is 0.214. The van der Waals surface area contributed by atoms with Gasteiger partial charge in [-0.05, 0) is 37.1 Å². The fourth-order valence-electron chi connectivity index (χ4n) is 7.27. The maximum absolute atomic E-state index is 2.83. The minimum atomic E-state index is 0.367. The van der Waals surface area contributed by atoms with Crippen LogP contribution in [0.4, 0.5) is 0 Å². The molecule has 0 spiro atoms. The maximum Gasteiger partial charge on any atom is 0.0601 e. The molecule has 2 aromatic carbocycles. The first kappa shape index (κ1) is 40.6. The Morgan fingerprint density at radius 2 is 0.565 bits per heavy atom. The molecule has 0 N–H and O–H groups in total. The molecular weight excluding hydrogens is 555 g/mol. The van der Waals surface area contributed by atoms with Gasteiger partial charge in [-0.1, -0.05) is 241 Å². The highest BCUT2D eigenvalue weighted by Crippen LogP contribution is 2.30. The molecule has 0 atom stereocenters. The topological polar surface area (TPSA) is 3.24 Å². The van der Waals surface area contributed by atoms with Crippen LogP contribution in [0.15, 0.2) is 60.7 Å². The monoisotopic (exact) mass is 632 g/mol. The molecule has 0 aliphatic rings. The summed E-state index contributed by atoms with van der Waals surface area (Å²) in [5.41, 5.74) is 2.90.